The molecule has 0 aromatic carbocycles. The van der Waals surface area contributed by atoms with Crippen molar-refractivity contribution in [3.05, 3.63) is 0 Å². The number of aliphatic carboxylic acids is 1. The van der Waals surface area contributed by atoms with Crippen LogP contribution in [0.5, 0.6) is 0 Å². The van der Waals surface area contributed by atoms with E-state index in [-0.39, 0.29) is 6.42 Å². The van der Waals surface area contributed by atoms with Crippen LogP contribution in [0.3, 0.4) is 0 Å². The SMILES string of the molecule is CCC(=O)/C(=N\OC)C(=O)O. The molecule has 0 amide bonds. The summed E-state index contributed by atoms with van der Waals surface area (Å²) < 4.78 is 0. The first-order valence-corrected chi connectivity index (χ1v) is 3.01. The maximum atomic E-state index is 10.8. The van der Waals surface area contributed by atoms with Crippen LogP contribution in [0.25, 0.3) is 0 Å². The van der Waals surface area contributed by atoms with E-state index >= 15 is 0 Å². The minimum atomic E-state index is -1.36. The monoisotopic (exact) mass is 159 g/mol. The number of Topliss-reactive ketones (excluding diaryl/α,β-unsaturated/α-hetero) is 1. The smallest absolute Gasteiger partial charge is 0.361 e. The number of hydrogen-bond acceptors (Lipinski definition) is 4. The molecule has 0 radical (unpaired) electrons. The molecule has 62 valence electrons. The van der Waals surface area contributed by atoms with Crippen LogP contribution in [-0.4, -0.2) is 29.7 Å². The maximum Gasteiger partial charge on any atom is 0.361 e. The number of ketones is 1. The van der Waals surface area contributed by atoms with Gasteiger partial charge in [0.15, 0.2) is 5.78 Å². The van der Waals surface area contributed by atoms with E-state index in [4.69, 9.17) is 5.11 Å². The van der Waals surface area contributed by atoms with E-state index in [1.807, 2.05) is 0 Å². The van der Waals surface area contributed by atoms with Gasteiger partial charge in [0, 0.05) is 6.42 Å². The molecule has 11 heavy (non-hydrogen) atoms. The fraction of sp³-hybridized carbons (Fsp3) is 0.500. The summed E-state index contributed by atoms with van der Waals surface area (Å²) in [4.78, 5) is 25.2. The highest BCUT2D eigenvalue weighted by Gasteiger charge is 2.17. The number of hydrogen-bond donors (Lipinski definition) is 1. The summed E-state index contributed by atoms with van der Waals surface area (Å²) in [5, 5.41) is 11.4. The third-order valence-corrected chi connectivity index (χ3v) is 0.970. The van der Waals surface area contributed by atoms with Crippen LogP contribution in [0, 0.1) is 0 Å². The van der Waals surface area contributed by atoms with Crippen molar-refractivity contribution in [1.29, 1.82) is 0 Å². The van der Waals surface area contributed by atoms with Gasteiger partial charge in [-0.15, -0.1) is 0 Å². The normalized spacial score (nSPS) is 10.9. The molecule has 0 aromatic rings. The molecule has 0 aromatic heterocycles. The first kappa shape index (κ1) is 9.61. The number of rotatable bonds is 4. The molecule has 0 spiro atoms. The van der Waals surface area contributed by atoms with Gasteiger partial charge in [-0.1, -0.05) is 12.1 Å². The molecular weight excluding hydrogens is 150 g/mol. The Morgan fingerprint density at radius 1 is 1.55 bits per heavy atom. The lowest BCUT2D eigenvalue weighted by molar-refractivity contribution is -0.130. The molecule has 0 bridgehead atoms. The Labute approximate surface area is 63.6 Å². The van der Waals surface area contributed by atoms with Gasteiger partial charge in [-0.3, -0.25) is 4.79 Å². The van der Waals surface area contributed by atoms with Gasteiger partial charge in [0.2, 0.25) is 5.71 Å². The number of carboxylic acids is 1. The average molecular weight is 159 g/mol. The lowest BCUT2D eigenvalue weighted by Crippen LogP contribution is -2.23. The van der Waals surface area contributed by atoms with E-state index in [0.29, 0.717) is 0 Å². The molecule has 0 aliphatic rings. The highest BCUT2D eigenvalue weighted by atomic mass is 16.6. The quantitative estimate of drug-likeness (QED) is 0.357. The number of carbonyl (C=O) groups excluding carboxylic acids is 1. The molecule has 0 saturated heterocycles. The molecule has 0 aliphatic heterocycles. The Morgan fingerprint density at radius 2 is 2.09 bits per heavy atom. The molecule has 0 aliphatic carbocycles. The Balaban J connectivity index is 4.48. The summed E-state index contributed by atoms with van der Waals surface area (Å²) in [7, 11) is 1.19. The molecule has 5 nitrogen and oxygen atoms in total. The molecule has 0 atom stereocenters. The van der Waals surface area contributed by atoms with Crippen LogP contribution in [0.2, 0.25) is 0 Å². The summed E-state index contributed by atoms with van der Waals surface area (Å²) in [5.41, 5.74) is -0.560. The molecule has 1 N–H and O–H groups in total. The second kappa shape index (κ2) is 4.43. The molecule has 5 heteroatoms. The van der Waals surface area contributed by atoms with Crippen LogP contribution in [-0.2, 0) is 14.4 Å². The van der Waals surface area contributed by atoms with Crippen molar-refractivity contribution in [2.45, 2.75) is 13.3 Å². The number of nitrogens with zero attached hydrogens (tertiary/aromatic N) is 1. The topological polar surface area (TPSA) is 76.0 Å². The van der Waals surface area contributed by atoms with E-state index in [1.165, 1.54) is 7.11 Å². The molecule has 0 fully saturated rings. The van der Waals surface area contributed by atoms with Gasteiger partial charge in [0.05, 0.1) is 0 Å². The maximum absolute atomic E-state index is 10.8. The summed E-state index contributed by atoms with van der Waals surface area (Å²) in [6.45, 7) is 1.55. The van der Waals surface area contributed by atoms with E-state index in [9.17, 15) is 9.59 Å². The van der Waals surface area contributed by atoms with Gasteiger partial charge in [-0.2, -0.15) is 0 Å². The van der Waals surface area contributed by atoms with E-state index in [2.05, 4.69) is 9.99 Å². The van der Waals surface area contributed by atoms with Crippen molar-refractivity contribution in [1.82, 2.24) is 0 Å². The summed E-state index contributed by atoms with van der Waals surface area (Å²) in [6.07, 6.45) is 0.106. The highest BCUT2D eigenvalue weighted by molar-refractivity contribution is 6.63. The Morgan fingerprint density at radius 3 is 2.36 bits per heavy atom. The standard InChI is InChI=1S/C6H9NO4/c1-3-4(8)5(6(9)10)7-11-2/h3H2,1-2H3,(H,9,10)/b7-5+. The summed E-state index contributed by atoms with van der Waals surface area (Å²) in [6, 6.07) is 0. The third-order valence-electron chi connectivity index (χ3n) is 0.970. The minimum Gasteiger partial charge on any atom is -0.476 e. The molecule has 0 rings (SSSR count). The van der Waals surface area contributed by atoms with Crippen LogP contribution in [0.1, 0.15) is 13.3 Å². The molecule has 0 heterocycles. The fourth-order valence-corrected chi connectivity index (χ4v) is 0.468. The zero-order valence-electron chi connectivity index (χ0n) is 6.33. The lowest BCUT2D eigenvalue weighted by Gasteiger charge is -1.94. The summed E-state index contributed by atoms with van der Waals surface area (Å²) >= 11 is 0. The zero-order chi connectivity index (χ0) is 8.85. The number of oxime groups is 1. The average Bonchev–Trinajstić information content (AvgIpc) is 1.98. The van der Waals surface area contributed by atoms with Crippen LogP contribution in [0.15, 0.2) is 5.16 Å². The summed E-state index contributed by atoms with van der Waals surface area (Å²) in [5.74, 6) is -1.90. The molecular formula is C6H9NO4. The Bertz CT molecular complexity index is 197. The predicted octanol–water partition coefficient (Wildman–Crippen LogP) is 0.0525. The largest absolute Gasteiger partial charge is 0.476 e. The van der Waals surface area contributed by atoms with Crippen LogP contribution < -0.4 is 0 Å². The Kier molecular flexibility index (Phi) is 3.87. The highest BCUT2D eigenvalue weighted by Crippen LogP contribution is 1.88. The van der Waals surface area contributed by atoms with Crippen molar-refractivity contribution in [3.8, 4) is 0 Å². The van der Waals surface area contributed by atoms with Crippen molar-refractivity contribution < 1.29 is 19.5 Å². The minimum absolute atomic E-state index is 0.106. The van der Waals surface area contributed by atoms with Crippen molar-refractivity contribution in [2.24, 2.45) is 5.16 Å². The van der Waals surface area contributed by atoms with Gasteiger partial charge in [-0.25, -0.2) is 4.79 Å². The van der Waals surface area contributed by atoms with Gasteiger partial charge in [0.1, 0.15) is 7.11 Å². The fourth-order valence-electron chi connectivity index (χ4n) is 0.468. The van der Waals surface area contributed by atoms with Crippen molar-refractivity contribution in [3.63, 3.8) is 0 Å². The first-order chi connectivity index (χ1) is 5.13. The second-order valence-electron chi connectivity index (χ2n) is 1.70. The Hall–Kier alpha value is -1.39. The van der Waals surface area contributed by atoms with Crippen LogP contribution >= 0.6 is 0 Å². The first-order valence-electron chi connectivity index (χ1n) is 3.01. The van der Waals surface area contributed by atoms with E-state index in [0.717, 1.165) is 0 Å². The van der Waals surface area contributed by atoms with E-state index in [1.54, 1.807) is 6.92 Å². The number of carboxylic acid groups (broad SMARTS) is 1. The lowest BCUT2D eigenvalue weighted by atomic mass is 10.2. The molecule has 0 saturated carbocycles. The zero-order valence-corrected chi connectivity index (χ0v) is 6.33. The third kappa shape index (κ3) is 2.79. The van der Waals surface area contributed by atoms with Crippen molar-refractivity contribution >= 4 is 17.5 Å². The van der Waals surface area contributed by atoms with Crippen LogP contribution in [0.4, 0.5) is 0 Å². The van der Waals surface area contributed by atoms with Gasteiger partial charge >= 0.3 is 5.97 Å². The van der Waals surface area contributed by atoms with Gasteiger partial charge < -0.3 is 9.94 Å². The van der Waals surface area contributed by atoms with Gasteiger partial charge in [0.25, 0.3) is 0 Å². The van der Waals surface area contributed by atoms with Crippen molar-refractivity contribution in [2.75, 3.05) is 7.11 Å². The molecule has 0 unspecified atom stereocenters. The predicted molar refractivity (Wildman–Crippen MR) is 37.4 cm³/mol. The van der Waals surface area contributed by atoms with E-state index < -0.39 is 17.5 Å². The second-order valence-corrected chi connectivity index (χ2v) is 1.70. The van der Waals surface area contributed by atoms with Gasteiger partial charge in [-0.05, 0) is 0 Å². The number of carbonyl (C=O) groups is 2.